The number of methoxy groups -OCH3 is 1. The van der Waals surface area contributed by atoms with E-state index in [4.69, 9.17) is 14.9 Å². The number of aryl methyl sites for hydroxylation is 1. The molecule has 0 spiro atoms. The minimum Gasteiger partial charge on any atom is -0.497 e. The quantitative estimate of drug-likeness (QED) is 0.671. The maximum absolute atomic E-state index is 12.7. The number of anilines is 2. The van der Waals surface area contributed by atoms with Crippen molar-refractivity contribution >= 4 is 34.3 Å². The molecule has 1 aliphatic heterocycles. The number of pyridine rings is 1. The number of nitrogens with zero attached hydrogens (tertiary/aromatic N) is 2. The minimum atomic E-state index is -0.344. The summed E-state index contributed by atoms with van der Waals surface area (Å²) in [5, 5.41) is 3.66. The van der Waals surface area contributed by atoms with Gasteiger partial charge in [-0.15, -0.1) is 0 Å². The summed E-state index contributed by atoms with van der Waals surface area (Å²) in [7, 11) is 1.60. The lowest BCUT2D eigenvalue weighted by Gasteiger charge is -2.32. The molecule has 3 N–H and O–H groups in total. The van der Waals surface area contributed by atoms with Crippen molar-refractivity contribution in [2.24, 2.45) is 11.7 Å². The van der Waals surface area contributed by atoms with E-state index in [0.29, 0.717) is 23.6 Å². The van der Waals surface area contributed by atoms with Crippen molar-refractivity contribution in [2.75, 3.05) is 30.4 Å². The first kappa shape index (κ1) is 19.8. The number of hydrogen-bond acceptors (Lipinski definition) is 6. The summed E-state index contributed by atoms with van der Waals surface area (Å²) in [5.74, 6) is 0.934. The Balaban J connectivity index is 1.48. The Kier molecular flexibility index (Phi) is 5.31. The van der Waals surface area contributed by atoms with E-state index in [1.807, 2.05) is 24.0 Å². The lowest BCUT2D eigenvalue weighted by Crippen LogP contribution is -2.41. The highest BCUT2D eigenvalue weighted by molar-refractivity contribution is 6.06. The van der Waals surface area contributed by atoms with Crippen molar-refractivity contribution in [3.05, 3.63) is 47.9 Å². The maximum Gasteiger partial charge on any atom is 0.291 e. The summed E-state index contributed by atoms with van der Waals surface area (Å²) < 4.78 is 11.0. The van der Waals surface area contributed by atoms with Gasteiger partial charge in [-0.2, -0.15) is 0 Å². The van der Waals surface area contributed by atoms with E-state index >= 15 is 0 Å². The SMILES string of the molecule is COc1ccc2oc(C(=O)Nc3ccc(N4CCCC(C(N)=O)C4)nc3)c(C)c2c1. The minimum absolute atomic E-state index is 0.158. The molecule has 1 fully saturated rings. The number of fused-ring (bicyclic) bond motifs is 1. The monoisotopic (exact) mass is 408 g/mol. The smallest absolute Gasteiger partial charge is 0.291 e. The van der Waals surface area contributed by atoms with E-state index < -0.39 is 0 Å². The molecule has 3 aromatic rings. The van der Waals surface area contributed by atoms with Crippen molar-refractivity contribution in [1.29, 1.82) is 0 Å². The van der Waals surface area contributed by atoms with E-state index in [0.717, 1.165) is 36.2 Å². The van der Waals surface area contributed by atoms with E-state index in [9.17, 15) is 9.59 Å². The number of nitrogens with one attached hydrogen (secondary N) is 1. The van der Waals surface area contributed by atoms with Gasteiger partial charge in [-0.1, -0.05) is 0 Å². The van der Waals surface area contributed by atoms with Gasteiger partial charge in [-0.3, -0.25) is 9.59 Å². The first-order valence-corrected chi connectivity index (χ1v) is 9.85. The maximum atomic E-state index is 12.7. The van der Waals surface area contributed by atoms with Gasteiger partial charge in [0.05, 0.1) is 24.9 Å². The van der Waals surface area contributed by atoms with Gasteiger partial charge in [-0.25, -0.2) is 4.98 Å². The summed E-state index contributed by atoms with van der Waals surface area (Å²) in [6, 6.07) is 9.04. The van der Waals surface area contributed by atoms with E-state index in [1.165, 1.54) is 0 Å². The number of furan rings is 1. The van der Waals surface area contributed by atoms with Crippen LogP contribution in [0.1, 0.15) is 29.0 Å². The van der Waals surface area contributed by atoms with Gasteiger partial charge in [0.15, 0.2) is 5.76 Å². The van der Waals surface area contributed by atoms with Crippen molar-refractivity contribution in [3.63, 3.8) is 0 Å². The second-order valence-corrected chi connectivity index (χ2v) is 7.47. The predicted octanol–water partition coefficient (Wildman–Crippen LogP) is 3.10. The predicted molar refractivity (Wildman–Crippen MR) is 114 cm³/mol. The molecule has 30 heavy (non-hydrogen) atoms. The van der Waals surface area contributed by atoms with E-state index in [-0.39, 0.29) is 23.5 Å². The molecule has 8 heteroatoms. The van der Waals surface area contributed by atoms with Crippen molar-refractivity contribution in [2.45, 2.75) is 19.8 Å². The number of benzene rings is 1. The Bertz CT molecular complexity index is 1090. The Morgan fingerprint density at radius 2 is 2.13 bits per heavy atom. The summed E-state index contributed by atoms with van der Waals surface area (Å²) in [6.07, 6.45) is 3.30. The molecule has 0 aliphatic carbocycles. The average Bonchev–Trinajstić information content (AvgIpc) is 3.10. The Morgan fingerprint density at radius 1 is 1.30 bits per heavy atom. The number of piperidine rings is 1. The number of primary amides is 1. The lowest BCUT2D eigenvalue weighted by molar-refractivity contribution is -0.122. The summed E-state index contributed by atoms with van der Waals surface area (Å²) >= 11 is 0. The van der Waals surface area contributed by atoms with Crippen molar-refractivity contribution in [1.82, 2.24) is 4.98 Å². The molecule has 156 valence electrons. The molecule has 1 atom stereocenters. The lowest BCUT2D eigenvalue weighted by atomic mass is 9.97. The second kappa shape index (κ2) is 8.06. The van der Waals surface area contributed by atoms with Crippen LogP contribution < -0.4 is 20.7 Å². The summed E-state index contributed by atoms with van der Waals surface area (Å²) in [4.78, 5) is 30.7. The molecule has 1 unspecified atom stereocenters. The standard InChI is InChI=1S/C22H24N4O4/c1-13-17-10-16(29-2)6-7-18(17)30-20(13)22(28)25-15-5-8-19(24-11-15)26-9-3-4-14(12-26)21(23)27/h5-8,10-11,14H,3-4,9,12H2,1-2H3,(H2,23,27)(H,25,28). The summed E-state index contributed by atoms with van der Waals surface area (Å²) in [6.45, 7) is 3.23. The third-order valence-corrected chi connectivity index (χ3v) is 5.50. The molecule has 0 radical (unpaired) electrons. The Labute approximate surface area is 174 Å². The number of aromatic nitrogens is 1. The number of carbonyl (C=O) groups excluding carboxylic acids is 2. The molecular formula is C22H24N4O4. The Hall–Kier alpha value is -3.55. The largest absolute Gasteiger partial charge is 0.497 e. The van der Waals surface area contributed by atoms with Crippen LogP contribution in [0.5, 0.6) is 5.75 Å². The van der Waals surface area contributed by atoms with Gasteiger partial charge in [0.1, 0.15) is 17.2 Å². The van der Waals surface area contributed by atoms with Gasteiger partial charge in [0, 0.05) is 24.0 Å². The van der Waals surface area contributed by atoms with Crippen LogP contribution in [-0.2, 0) is 4.79 Å². The first-order chi connectivity index (χ1) is 14.5. The number of carbonyl (C=O) groups is 2. The zero-order chi connectivity index (χ0) is 21.3. The molecule has 0 saturated carbocycles. The molecule has 2 amide bonds. The third kappa shape index (κ3) is 3.80. The van der Waals surface area contributed by atoms with E-state index in [2.05, 4.69) is 10.3 Å². The topological polar surface area (TPSA) is 111 Å². The molecule has 8 nitrogen and oxygen atoms in total. The molecule has 4 rings (SSSR count). The fraction of sp³-hybridized carbons (Fsp3) is 0.318. The molecule has 1 aliphatic rings. The van der Waals surface area contributed by atoms with Gasteiger partial charge in [-0.05, 0) is 50.1 Å². The molecule has 1 saturated heterocycles. The third-order valence-electron chi connectivity index (χ3n) is 5.50. The van der Waals surface area contributed by atoms with Gasteiger partial charge in [0.2, 0.25) is 5.91 Å². The van der Waals surface area contributed by atoms with E-state index in [1.54, 1.807) is 31.5 Å². The number of hydrogen-bond donors (Lipinski definition) is 2. The van der Waals surface area contributed by atoms with Crippen LogP contribution in [-0.4, -0.2) is 37.0 Å². The summed E-state index contributed by atoms with van der Waals surface area (Å²) in [5.41, 5.74) is 7.38. The van der Waals surface area contributed by atoms with Crippen molar-refractivity contribution < 1.29 is 18.7 Å². The van der Waals surface area contributed by atoms with Crippen LogP contribution in [0.4, 0.5) is 11.5 Å². The average molecular weight is 408 g/mol. The molecule has 3 heterocycles. The zero-order valence-corrected chi connectivity index (χ0v) is 17.0. The molecule has 1 aromatic carbocycles. The highest BCUT2D eigenvalue weighted by atomic mass is 16.5. The molecule has 2 aromatic heterocycles. The number of nitrogens with two attached hydrogens (primary N) is 1. The Morgan fingerprint density at radius 3 is 2.83 bits per heavy atom. The van der Waals surface area contributed by atoms with Crippen LogP contribution in [0.25, 0.3) is 11.0 Å². The second-order valence-electron chi connectivity index (χ2n) is 7.47. The fourth-order valence-electron chi connectivity index (χ4n) is 3.80. The van der Waals surface area contributed by atoms with Gasteiger partial charge < -0.3 is 25.1 Å². The number of ether oxygens (including phenoxy) is 1. The van der Waals surface area contributed by atoms with Gasteiger partial charge in [0.25, 0.3) is 5.91 Å². The van der Waals surface area contributed by atoms with Crippen LogP contribution in [0.15, 0.2) is 40.9 Å². The number of rotatable bonds is 5. The molecular weight excluding hydrogens is 384 g/mol. The molecule has 0 bridgehead atoms. The fourth-order valence-corrected chi connectivity index (χ4v) is 3.80. The highest BCUT2D eigenvalue weighted by Crippen LogP contribution is 2.29. The van der Waals surface area contributed by atoms with Gasteiger partial charge >= 0.3 is 0 Å². The van der Waals surface area contributed by atoms with Crippen molar-refractivity contribution in [3.8, 4) is 5.75 Å². The first-order valence-electron chi connectivity index (χ1n) is 9.85. The van der Waals surface area contributed by atoms with Crippen LogP contribution in [0.3, 0.4) is 0 Å². The normalized spacial score (nSPS) is 16.5. The zero-order valence-electron chi connectivity index (χ0n) is 17.0. The highest BCUT2D eigenvalue weighted by Gasteiger charge is 2.25. The number of amides is 2. The van der Waals surface area contributed by atoms with Crippen LogP contribution in [0, 0.1) is 12.8 Å². The van der Waals surface area contributed by atoms with Crippen LogP contribution in [0.2, 0.25) is 0 Å². The van der Waals surface area contributed by atoms with Crippen LogP contribution >= 0.6 is 0 Å².